The van der Waals surface area contributed by atoms with Crippen LogP contribution in [0.5, 0.6) is 0 Å². The van der Waals surface area contributed by atoms with Crippen molar-refractivity contribution in [3.63, 3.8) is 0 Å². The van der Waals surface area contributed by atoms with E-state index >= 15 is 0 Å². The van der Waals surface area contributed by atoms with Crippen LogP contribution in [-0.2, 0) is 6.54 Å². The summed E-state index contributed by atoms with van der Waals surface area (Å²) in [5.74, 6) is 0.941. The van der Waals surface area contributed by atoms with E-state index in [1.165, 1.54) is 0 Å². The monoisotopic (exact) mass is 366 g/mol. The van der Waals surface area contributed by atoms with Crippen molar-refractivity contribution in [2.75, 3.05) is 13.1 Å². The Morgan fingerprint density at radius 1 is 1.45 bits per heavy atom. The second kappa shape index (κ2) is 6.26. The maximum absolute atomic E-state index is 12.6. The molecule has 2 aromatic heterocycles. The van der Waals surface area contributed by atoms with Crippen LogP contribution < -0.4 is 0 Å². The van der Waals surface area contributed by atoms with Crippen LogP contribution in [0.25, 0.3) is 0 Å². The van der Waals surface area contributed by atoms with Gasteiger partial charge in [-0.15, -0.1) is 0 Å². The number of carbonyl (C=O) groups excluding carboxylic acids is 1. The fourth-order valence-corrected chi connectivity index (χ4v) is 3.23. The number of piperazine rings is 1. The summed E-state index contributed by atoms with van der Waals surface area (Å²) in [6.07, 6.45) is 3.30. The summed E-state index contributed by atoms with van der Waals surface area (Å²) in [7, 11) is 0. The normalized spacial score (nSPS) is 23.0. The van der Waals surface area contributed by atoms with Gasteiger partial charge in [-0.25, -0.2) is 0 Å². The quantitative estimate of drug-likeness (QED) is 0.906. The minimum absolute atomic E-state index is 0.0126. The standard InChI is InChI=1S/C15H19BrN4O2/c1-10-8-20(15(21)14-13(16)6-17-18-14)11(2)7-19(10)9-12-4-3-5-22-12/h3-6,10-11H,7-9H2,1-2H3,(H,17,18)/t10-,11-/m0/s1. The molecule has 3 rings (SSSR count). The predicted molar refractivity (Wildman–Crippen MR) is 85.4 cm³/mol. The third-order valence-corrected chi connectivity index (χ3v) is 4.72. The Balaban J connectivity index is 1.70. The molecule has 1 fully saturated rings. The second-order valence-corrected chi connectivity index (χ2v) is 6.61. The molecule has 2 atom stereocenters. The maximum Gasteiger partial charge on any atom is 0.273 e. The Labute approximate surface area is 137 Å². The van der Waals surface area contributed by atoms with E-state index in [4.69, 9.17) is 4.42 Å². The van der Waals surface area contributed by atoms with Gasteiger partial charge in [-0.3, -0.25) is 14.8 Å². The van der Waals surface area contributed by atoms with Crippen molar-refractivity contribution in [2.24, 2.45) is 0 Å². The van der Waals surface area contributed by atoms with Gasteiger partial charge in [0.1, 0.15) is 11.5 Å². The van der Waals surface area contributed by atoms with Gasteiger partial charge in [0.25, 0.3) is 5.91 Å². The van der Waals surface area contributed by atoms with Crippen LogP contribution in [0.4, 0.5) is 0 Å². The number of halogens is 1. The van der Waals surface area contributed by atoms with Gasteiger partial charge in [-0.05, 0) is 41.9 Å². The van der Waals surface area contributed by atoms with Gasteiger partial charge in [0.05, 0.1) is 23.5 Å². The Hall–Kier alpha value is -1.60. The number of amides is 1. The molecule has 1 amide bonds. The number of H-pyrrole nitrogens is 1. The highest BCUT2D eigenvalue weighted by Gasteiger charge is 2.33. The Morgan fingerprint density at radius 2 is 2.27 bits per heavy atom. The number of nitrogens with zero attached hydrogens (tertiary/aromatic N) is 3. The Kier molecular flexibility index (Phi) is 4.35. The third kappa shape index (κ3) is 2.96. The molecule has 1 N–H and O–H groups in total. The molecule has 6 nitrogen and oxygen atoms in total. The first-order chi connectivity index (χ1) is 10.6. The summed E-state index contributed by atoms with van der Waals surface area (Å²) in [5, 5.41) is 6.67. The van der Waals surface area contributed by atoms with E-state index in [1.54, 1.807) is 12.5 Å². The van der Waals surface area contributed by atoms with Gasteiger partial charge in [0.15, 0.2) is 0 Å². The lowest BCUT2D eigenvalue weighted by molar-refractivity contribution is 0.0265. The zero-order valence-corrected chi connectivity index (χ0v) is 14.2. The van der Waals surface area contributed by atoms with Gasteiger partial charge in [0.2, 0.25) is 0 Å². The molecular weight excluding hydrogens is 348 g/mol. The van der Waals surface area contributed by atoms with Crippen molar-refractivity contribution in [1.82, 2.24) is 20.0 Å². The predicted octanol–water partition coefficient (Wildman–Crippen LogP) is 2.50. The highest BCUT2D eigenvalue weighted by atomic mass is 79.9. The van der Waals surface area contributed by atoms with Crippen LogP contribution in [-0.4, -0.2) is 51.1 Å². The van der Waals surface area contributed by atoms with Crippen molar-refractivity contribution in [3.8, 4) is 0 Å². The third-order valence-electron chi connectivity index (χ3n) is 4.12. The number of rotatable bonds is 3. The zero-order chi connectivity index (χ0) is 15.7. The van der Waals surface area contributed by atoms with E-state index in [2.05, 4.69) is 44.9 Å². The highest BCUT2D eigenvalue weighted by molar-refractivity contribution is 9.10. The lowest BCUT2D eigenvalue weighted by atomic mass is 10.1. The fraction of sp³-hybridized carbons (Fsp3) is 0.467. The van der Waals surface area contributed by atoms with Gasteiger partial charge in [-0.2, -0.15) is 5.10 Å². The molecule has 0 radical (unpaired) electrons. The Bertz CT molecular complexity index is 640. The molecular formula is C15H19BrN4O2. The number of aromatic amines is 1. The molecule has 0 aromatic carbocycles. The molecule has 0 saturated carbocycles. The molecule has 22 heavy (non-hydrogen) atoms. The summed E-state index contributed by atoms with van der Waals surface area (Å²) in [5.41, 5.74) is 0.513. The van der Waals surface area contributed by atoms with Crippen LogP contribution in [0.1, 0.15) is 30.1 Å². The van der Waals surface area contributed by atoms with Gasteiger partial charge >= 0.3 is 0 Å². The first-order valence-corrected chi connectivity index (χ1v) is 8.12. The van der Waals surface area contributed by atoms with E-state index in [1.807, 2.05) is 17.0 Å². The molecule has 7 heteroatoms. The molecule has 118 valence electrons. The van der Waals surface area contributed by atoms with E-state index < -0.39 is 0 Å². The summed E-state index contributed by atoms with van der Waals surface area (Å²) in [6, 6.07) is 4.29. The molecule has 1 aliphatic rings. The van der Waals surface area contributed by atoms with Crippen LogP contribution in [0.2, 0.25) is 0 Å². The molecule has 0 aliphatic carbocycles. The summed E-state index contributed by atoms with van der Waals surface area (Å²) in [6.45, 7) is 6.49. The number of aromatic nitrogens is 2. The number of carbonyl (C=O) groups is 1. The minimum Gasteiger partial charge on any atom is -0.468 e. The first-order valence-electron chi connectivity index (χ1n) is 7.32. The van der Waals surface area contributed by atoms with Crippen molar-refractivity contribution in [1.29, 1.82) is 0 Å². The number of hydrogen-bond donors (Lipinski definition) is 1. The zero-order valence-electron chi connectivity index (χ0n) is 12.6. The number of nitrogens with one attached hydrogen (secondary N) is 1. The average molecular weight is 367 g/mol. The number of furan rings is 1. The van der Waals surface area contributed by atoms with E-state index in [0.29, 0.717) is 16.7 Å². The maximum atomic E-state index is 12.6. The fourth-order valence-electron chi connectivity index (χ4n) is 2.87. The van der Waals surface area contributed by atoms with E-state index in [9.17, 15) is 4.79 Å². The summed E-state index contributed by atoms with van der Waals surface area (Å²) in [4.78, 5) is 16.9. The van der Waals surface area contributed by atoms with E-state index in [-0.39, 0.29) is 18.0 Å². The second-order valence-electron chi connectivity index (χ2n) is 5.76. The van der Waals surface area contributed by atoms with Crippen LogP contribution in [0.15, 0.2) is 33.5 Å². The molecule has 0 spiro atoms. The largest absolute Gasteiger partial charge is 0.468 e. The van der Waals surface area contributed by atoms with Gasteiger partial charge < -0.3 is 9.32 Å². The summed E-state index contributed by atoms with van der Waals surface area (Å²) < 4.78 is 6.13. The Morgan fingerprint density at radius 3 is 2.91 bits per heavy atom. The van der Waals surface area contributed by atoms with Gasteiger partial charge in [0, 0.05) is 25.2 Å². The van der Waals surface area contributed by atoms with Crippen LogP contribution >= 0.6 is 15.9 Å². The highest BCUT2D eigenvalue weighted by Crippen LogP contribution is 2.22. The van der Waals surface area contributed by atoms with Crippen molar-refractivity contribution < 1.29 is 9.21 Å². The topological polar surface area (TPSA) is 65.4 Å². The lowest BCUT2D eigenvalue weighted by Crippen LogP contribution is -2.57. The molecule has 0 bridgehead atoms. The molecule has 3 heterocycles. The number of hydrogen-bond acceptors (Lipinski definition) is 4. The van der Waals surface area contributed by atoms with Crippen molar-refractivity contribution >= 4 is 21.8 Å². The molecule has 1 aliphatic heterocycles. The lowest BCUT2D eigenvalue weighted by Gasteiger charge is -2.43. The smallest absolute Gasteiger partial charge is 0.273 e. The SMILES string of the molecule is C[C@H]1CN(C(=O)c2[nH]ncc2Br)[C@@H](C)CN1Cc1ccco1. The van der Waals surface area contributed by atoms with Crippen molar-refractivity contribution in [3.05, 3.63) is 40.5 Å². The van der Waals surface area contributed by atoms with E-state index in [0.717, 1.165) is 18.8 Å². The molecule has 0 unspecified atom stereocenters. The van der Waals surface area contributed by atoms with Crippen molar-refractivity contribution in [2.45, 2.75) is 32.5 Å². The summed E-state index contributed by atoms with van der Waals surface area (Å²) >= 11 is 3.36. The molecule has 1 saturated heterocycles. The first kappa shape index (κ1) is 15.3. The van der Waals surface area contributed by atoms with Crippen LogP contribution in [0, 0.1) is 0 Å². The van der Waals surface area contributed by atoms with Gasteiger partial charge in [-0.1, -0.05) is 0 Å². The average Bonchev–Trinajstić information content (AvgIpc) is 3.13. The molecule has 2 aromatic rings. The minimum atomic E-state index is -0.0126. The van der Waals surface area contributed by atoms with Crippen LogP contribution in [0.3, 0.4) is 0 Å².